The van der Waals surface area contributed by atoms with Gasteiger partial charge in [-0.15, -0.1) is 0 Å². The molecule has 0 aliphatic carbocycles. The van der Waals surface area contributed by atoms with Gasteiger partial charge in [-0.1, -0.05) is 0 Å². The van der Waals surface area contributed by atoms with Gasteiger partial charge in [0.2, 0.25) is 0 Å². The molecule has 1 aromatic heterocycles. The summed E-state index contributed by atoms with van der Waals surface area (Å²) in [5.41, 5.74) is 3.03. The zero-order chi connectivity index (χ0) is 17.0. The third kappa shape index (κ3) is 3.81. The Morgan fingerprint density at radius 2 is 2.30 bits per heavy atom. The van der Waals surface area contributed by atoms with E-state index in [1.165, 1.54) is 4.90 Å². The first kappa shape index (κ1) is 17.3. The number of aromatic nitrogens is 1. The van der Waals surface area contributed by atoms with Gasteiger partial charge in [-0.3, -0.25) is 4.79 Å². The minimum absolute atomic E-state index is 0.103. The number of hydrogen-bond donors (Lipinski definition) is 1. The van der Waals surface area contributed by atoms with Gasteiger partial charge in [0.1, 0.15) is 11.6 Å². The molecule has 1 aromatic rings. The third-order valence-electron chi connectivity index (χ3n) is 4.23. The summed E-state index contributed by atoms with van der Waals surface area (Å²) >= 11 is 0. The lowest BCUT2D eigenvalue weighted by Crippen LogP contribution is -2.30. The van der Waals surface area contributed by atoms with Crippen molar-refractivity contribution < 1.29 is 14.6 Å². The van der Waals surface area contributed by atoms with Crippen molar-refractivity contribution >= 4 is 12.0 Å². The molecule has 0 aromatic carbocycles. The summed E-state index contributed by atoms with van der Waals surface area (Å²) in [7, 11) is 1.66. The van der Waals surface area contributed by atoms with Crippen LogP contribution in [0.2, 0.25) is 0 Å². The van der Waals surface area contributed by atoms with Crippen LogP contribution in [0, 0.1) is 25.2 Å². The average molecular weight is 317 g/mol. The number of aliphatic hydroxyl groups is 1. The second-order valence-corrected chi connectivity index (χ2v) is 5.83. The number of β-amino-alcohol motifs (C(OH)–C–C–N with tert-alkyl or cyclic N) is 1. The molecule has 1 atom stereocenters. The van der Waals surface area contributed by atoms with Crippen LogP contribution < -0.4 is 0 Å². The highest BCUT2D eigenvalue weighted by Crippen LogP contribution is 2.20. The molecule has 1 saturated heterocycles. The van der Waals surface area contributed by atoms with E-state index in [-0.39, 0.29) is 11.5 Å². The Labute approximate surface area is 136 Å². The summed E-state index contributed by atoms with van der Waals surface area (Å²) in [6, 6.07) is 3.96. The molecule has 1 fully saturated rings. The van der Waals surface area contributed by atoms with Gasteiger partial charge in [-0.2, -0.15) is 5.26 Å². The van der Waals surface area contributed by atoms with Crippen LogP contribution in [0.25, 0.3) is 6.08 Å². The average Bonchev–Trinajstić information content (AvgIpc) is 3.07. The lowest BCUT2D eigenvalue weighted by molar-refractivity contribution is -0.125. The van der Waals surface area contributed by atoms with Gasteiger partial charge in [-0.05, 0) is 38.0 Å². The van der Waals surface area contributed by atoms with Crippen LogP contribution >= 0.6 is 0 Å². The second kappa shape index (κ2) is 7.44. The highest BCUT2D eigenvalue weighted by molar-refractivity contribution is 6.02. The van der Waals surface area contributed by atoms with Crippen LogP contribution in [0.1, 0.15) is 23.4 Å². The number of likely N-dealkylation sites (tertiary alicyclic amines) is 1. The topological polar surface area (TPSA) is 78.5 Å². The third-order valence-corrected chi connectivity index (χ3v) is 4.23. The number of methoxy groups -OCH3 is 1. The fraction of sp³-hybridized carbons (Fsp3) is 0.529. The Hall–Kier alpha value is -2.10. The van der Waals surface area contributed by atoms with E-state index in [0.717, 1.165) is 23.5 Å². The lowest BCUT2D eigenvalue weighted by Gasteiger charge is -2.14. The van der Waals surface area contributed by atoms with Gasteiger partial charge < -0.3 is 19.3 Å². The van der Waals surface area contributed by atoms with Crippen LogP contribution in [0.4, 0.5) is 0 Å². The van der Waals surface area contributed by atoms with Crippen LogP contribution in [-0.4, -0.2) is 53.4 Å². The highest BCUT2D eigenvalue weighted by atomic mass is 16.5. The second-order valence-electron chi connectivity index (χ2n) is 5.83. The lowest BCUT2D eigenvalue weighted by atomic mass is 10.1. The standard InChI is InChI=1S/C17H23N3O3/c1-12-8-14(13(2)20(12)6-7-23-3)9-15(10-18)17(22)19-5-4-16(21)11-19/h8-9,16,21H,4-7,11H2,1-3H3/b15-9-/t16-/m1/s1. The Bertz CT molecular complexity index is 655. The van der Waals surface area contributed by atoms with Crippen LogP contribution in [-0.2, 0) is 16.1 Å². The summed E-state index contributed by atoms with van der Waals surface area (Å²) < 4.78 is 7.22. The maximum Gasteiger partial charge on any atom is 0.264 e. The van der Waals surface area contributed by atoms with E-state index in [2.05, 4.69) is 4.57 Å². The van der Waals surface area contributed by atoms with Crippen molar-refractivity contribution in [3.05, 3.63) is 28.6 Å². The van der Waals surface area contributed by atoms with Crippen molar-refractivity contribution in [1.29, 1.82) is 5.26 Å². The number of nitrogens with zero attached hydrogens (tertiary/aromatic N) is 3. The summed E-state index contributed by atoms with van der Waals surface area (Å²) in [6.45, 7) is 6.08. The number of carbonyl (C=O) groups is 1. The fourth-order valence-corrected chi connectivity index (χ4v) is 2.89. The molecule has 0 unspecified atom stereocenters. The summed E-state index contributed by atoms with van der Waals surface area (Å²) in [5, 5.41) is 18.9. The molecular formula is C17H23N3O3. The molecule has 1 aliphatic rings. The zero-order valence-electron chi connectivity index (χ0n) is 13.9. The first-order valence-corrected chi connectivity index (χ1v) is 7.72. The number of nitriles is 1. The fourth-order valence-electron chi connectivity index (χ4n) is 2.89. The molecule has 23 heavy (non-hydrogen) atoms. The summed E-state index contributed by atoms with van der Waals surface area (Å²) in [4.78, 5) is 13.9. The first-order chi connectivity index (χ1) is 11.0. The molecule has 0 saturated carbocycles. The van der Waals surface area contributed by atoms with E-state index >= 15 is 0 Å². The quantitative estimate of drug-likeness (QED) is 0.655. The maximum atomic E-state index is 12.4. The molecule has 1 amide bonds. The van der Waals surface area contributed by atoms with Gasteiger partial charge >= 0.3 is 0 Å². The number of hydrogen-bond acceptors (Lipinski definition) is 4. The largest absolute Gasteiger partial charge is 0.391 e. The van der Waals surface area contributed by atoms with E-state index in [9.17, 15) is 15.2 Å². The predicted octanol–water partition coefficient (Wildman–Crippen LogP) is 1.25. The van der Waals surface area contributed by atoms with Crippen molar-refractivity contribution in [3.8, 4) is 6.07 Å². The van der Waals surface area contributed by atoms with E-state index in [1.54, 1.807) is 13.2 Å². The number of rotatable bonds is 5. The molecule has 1 N–H and O–H groups in total. The van der Waals surface area contributed by atoms with Gasteiger partial charge in [-0.25, -0.2) is 0 Å². The Morgan fingerprint density at radius 3 is 2.87 bits per heavy atom. The van der Waals surface area contributed by atoms with Crippen LogP contribution in [0.5, 0.6) is 0 Å². The maximum absolute atomic E-state index is 12.4. The van der Waals surface area contributed by atoms with E-state index in [4.69, 9.17) is 4.74 Å². The Kier molecular flexibility index (Phi) is 5.59. The normalized spacial score (nSPS) is 18.3. The predicted molar refractivity (Wildman–Crippen MR) is 86.6 cm³/mol. The molecule has 124 valence electrons. The SMILES string of the molecule is COCCn1c(C)cc(/C=C(/C#N)C(=O)N2CC[C@@H](O)C2)c1C. The van der Waals surface area contributed by atoms with Gasteiger partial charge in [0.15, 0.2) is 0 Å². The summed E-state index contributed by atoms with van der Waals surface area (Å²) in [6.07, 6.45) is 1.72. The van der Waals surface area contributed by atoms with Crippen LogP contribution in [0.15, 0.2) is 11.6 Å². The number of amides is 1. The Morgan fingerprint density at radius 1 is 1.57 bits per heavy atom. The molecular weight excluding hydrogens is 294 g/mol. The minimum atomic E-state index is -0.488. The van der Waals surface area contributed by atoms with Crippen molar-refractivity contribution in [2.75, 3.05) is 26.8 Å². The zero-order valence-corrected chi connectivity index (χ0v) is 13.9. The number of aryl methyl sites for hydroxylation is 1. The van der Waals surface area contributed by atoms with Crippen molar-refractivity contribution in [2.24, 2.45) is 0 Å². The number of carbonyl (C=O) groups excluding carboxylic acids is 1. The van der Waals surface area contributed by atoms with Crippen molar-refractivity contribution in [1.82, 2.24) is 9.47 Å². The van der Waals surface area contributed by atoms with Crippen molar-refractivity contribution in [3.63, 3.8) is 0 Å². The van der Waals surface area contributed by atoms with E-state index < -0.39 is 6.10 Å². The molecule has 6 heteroatoms. The molecule has 6 nitrogen and oxygen atoms in total. The summed E-state index contributed by atoms with van der Waals surface area (Å²) in [5.74, 6) is -0.314. The molecule has 1 aliphatic heterocycles. The first-order valence-electron chi connectivity index (χ1n) is 7.72. The molecule has 0 spiro atoms. The number of aliphatic hydroxyl groups excluding tert-OH is 1. The van der Waals surface area contributed by atoms with Crippen LogP contribution in [0.3, 0.4) is 0 Å². The molecule has 2 rings (SSSR count). The molecule has 0 bridgehead atoms. The van der Waals surface area contributed by atoms with E-state index in [1.807, 2.05) is 26.0 Å². The van der Waals surface area contributed by atoms with Gasteiger partial charge in [0.25, 0.3) is 5.91 Å². The number of ether oxygens (including phenoxy) is 1. The Balaban J connectivity index is 2.25. The van der Waals surface area contributed by atoms with Gasteiger partial charge in [0, 0.05) is 38.1 Å². The van der Waals surface area contributed by atoms with Crippen molar-refractivity contribution in [2.45, 2.75) is 32.9 Å². The van der Waals surface area contributed by atoms with Gasteiger partial charge in [0.05, 0.1) is 12.7 Å². The molecule has 0 radical (unpaired) electrons. The monoisotopic (exact) mass is 317 g/mol. The molecule has 2 heterocycles. The smallest absolute Gasteiger partial charge is 0.264 e. The highest BCUT2D eigenvalue weighted by Gasteiger charge is 2.27. The minimum Gasteiger partial charge on any atom is -0.391 e. The van der Waals surface area contributed by atoms with E-state index in [0.29, 0.717) is 26.1 Å².